The van der Waals surface area contributed by atoms with Gasteiger partial charge in [-0.15, -0.1) is 0 Å². The number of aliphatic hydroxyl groups excluding tert-OH is 1. The van der Waals surface area contributed by atoms with E-state index in [0.717, 1.165) is 19.4 Å². The lowest BCUT2D eigenvalue weighted by molar-refractivity contribution is -0.142. The third kappa shape index (κ3) is 34.9. The van der Waals surface area contributed by atoms with Gasteiger partial charge in [-0.05, 0) is 137 Å². The molecule has 2 fully saturated rings. The number of aromatic amines is 1. The van der Waals surface area contributed by atoms with Crippen molar-refractivity contribution in [1.29, 1.82) is 5.41 Å². The Bertz CT molecular complexity index is 5270. The topological polar surface area (TPSA) is 746 Å². The van der Waals surface area contributed by atoms with Gasteiger partial charge in [0.2, 0.25) is 100 Å². The highest BCUT2D eigenvalue weighted by atomic mass is 32.1. The summed E-state index contributed by atoms with van der Waals surface area (Å²) in [5.74, 6) is -19.1. The summed E-state index contributed by atoms with van der Waals surface area (Å²) in [6.07, 6.45) is -5.38. The summed E-state index contributed by atoms with van der Waals surface area (Å²) in [6, 6.07) is 1.53. The molecule has 0 spiro atoms. The second kappa shape index (κ2) is 52.4. The molecule has 5 aromatic rings. The number of guanidine groups is 1. The molecule has 0 bridgehead atoms. The highest BCUT2D eigenvalue weighted by molar-refractivity contribution is 7.82. The fraction of sp³-hybridized carbons (Fsp3) is 0.527. The van der Waals surface area contributed by atoms with Crippen molar-refractivity contribution in [2.75, 3.05) is 52.7 Å². The van der Waals surface area contributed by atoms with Crippen LogP contribution in [0.4, 0.5) is 0 Å². The van der Waals surface area contributed by atoms with Gasteiger partial charge in [0.1, 0.15) is 95.6 Å². The number of ether oxygens (including phenoxy) is 3. The summed E-state index contributed by atoms with van der Waals surface area (Å²) in [5, 5.41) is 79.6. The Labute approximate surface area is 812 Å². The predicted octanol–water partition coefficient (Wildman–Crippen LogP) is -4.15. The van der Waals surface area contributed by atoms with Crippen molar-refractivity contribution in [2.24, 2.45) is 28.7 Å². The number of aromatic nitrogens is 1. The van der Waals surface area contributed by atoms with Crippen LogP contribution in [-0.2, 0) is 115 Å². The molecule has 0 aliphatic carbocycles. The molecule has 4 aromatic carbocycles. The van der Waals surface area contributed by atoms with Gasteiger partial charge in [-0.2, -0.15) is 25.3 Å². The maximum Gasteiger partial charge on any atom is 0.303 e. The van der Waals surface area contributed by atoms with Gasteiger partial charge in [-0.3, -0.25) is 91.7 Å². The van der Waals surface area contributed by atoms with Crippen molar-refractivity contribution in [1.82, 2.24) is 84.7 Å². The van der Waals surface area contributed by atoms with Crippen LogP contribution in [0.1, 0.15) is 154 Å². The van der Waals surface area contributed by atoms with Crippen molar-refractivity contribution in [2.45, 2.75) is 251 Å². The molecule has 139 heavy (non-hydrogen) atoms. The number of carbonyl (C=O) groups excluding carboxylic acids is 17. The molecule has 17 amide bonds. The maximum atomic E-state index is 15.8. The zero-order valence-corrected chi connectivity index (χ0v) is 80.5. The first kappa shape index (κ1) is 113. The predicted molar refractivity (Wildman–Crippen MR) is 513 cm³/mol. The van der Waals surface area contributed by atoms with Gasteiger partial charge in [0.15, 0.2) is 5.96 Å². The number of rotatable bonds is 54. The number of nitrogens with two attached hydrogens (primary N) is 5. The number of phenolic OH excluding ortho intramolecular Hbond substituents is 1. The van der Waals surface area contributed by atoms with E-state index in [4.69, 9.17) is 60.9 Å². The van der Waals surface area contributed by atoms with Crippen molar-refractivity contribution in [3.63, 3.8) is 0 Å². The number of primary amides is 3. The number of para-hydroxylation sites is 1. The number of carbonyl (C=O) groups is 18. The Morgan fingerprint density at radius 1 is 0.511 bits per heavy atom. The zero-order valence-electron chi connectivity index (χ0n) is 78.7. The summed E-state index contributed by atoms with van der Waals surface area (Å²) in [7, 11) is 0. The number of H-pyrrole nitrogens is 1. The van der Waals surface area contributed by atoms with E-state index in [0.29, 0.717) is 44.1 Å². The lowest BCUT2D eigenvalue weighted by Gasteiger charge is -2.39. The van der Waals surface area contributed by atoms with E-state index >= 15 is 33.6 Å². The number of hydrogen-bond donors (Lipinski definition) is 27. The van der Waals surface area contributed by atoms with Crippen LogP contribution < -0.4 is 113 Å². The van der Waals surface area contributed by atoms with Crippen LogP contribution >= 0.6 is 25.3 Å². The molecule has 0 saturated carbocycles. The summed E-state index contributed by atoms with van der Waals surface area (Å²) >= 11 is 9.35. The molecular weight excluding hydrogens is 1850 g/mol. The quantitative estimate of drug-likeness (QED) is 0.00760. The van der Waals surface area contributed by atoms with Gasteiger partial charge in [0, 0.05) is 138 Å². The van der Waals surface area contributed by atoms with Crippen LogP contribution in [0, 0.1) is 12.3 Å². The lowest BCUT2D eigenvalue weighted by Crippen LogP contribution is -2.67. The number of benzene rings is 4. The number of amides is 17. The first-order valence-corrected chi connectivity index (χ1v) is 46.1. The van der Waals surface area contributed by atoms with Crippen LogP contribution in [0.2, 0.25) is 0 Å². The number of carboxylic acids is 1. The number of nitrogens with one attached hydrogen (secondary N) is 17. The standard InChI is InChI=1S/C91H130N22O24S2/c1-47-13-11-14-58-55(46-100-70(47)58)43-64(105-82(130)71(48(2)114)109-79(127)65(44-67(93)118)107-84(132)73(89(7,8)139)110-75(123)59(101-50(4)116)16-12-33-99-87(96)97)78(126)102-60(15-9-10-32-98-49(3)115)76(124)111-72(88(5,6)138)83(131)106-62(40-51-18-23-57(24-19-51)137-38-31-92)77(125)103-63(41-52-17-20-54-42-56(117)22-21-53(54)39-52)80(128)113-91(29-36-136-37-30-91)86(134)108-61(25-26-69(120)121)74(122)104-66(45-68(94)119)81(129)112-90(85(95)133)27-34-135-35-28-90/h11,13-14,17-24,39,42,46,48,59-66,71-73,100,114,117,138-139H,9-10,12,15-16,25-38,40-41,43-45,92H2,1-8H3,(H2,93,118)(H2,94,119)(H2,95,133)(H,98,115)(H,101,116)(H,102,126)(H,103,125)(H,104,122)(H,105,130)(H,106,131)(H,107,132)(H,108,134)(H,109,127)(H,110,123)(H,111,124)(H,112,129)(H,113,128)(H,120,121)(H4,96,97,99)/t48-,59-,60+,61+,62+,63+,64+,65+,66+,71+,72-,73-/m1/s1. The molecule has 760 valence electrons. The van der Waals surface area contributed by atoms with E-state index < -0.39 is 244 Å². The first-order chi connectivity index (χ1) is 65.4. The van der Waals surface area contributed by atoms with Crippen molar-refractivity contribution in [3.05, 3.63) is 107 Å². The smallest absolute Gasteiger partial charge is 0.303 e. The number of aryl methyl sites for hydroxylation is 1. The maximum absolute atomic E-state index is 15.8. The summed E-state index contributed by atoms with van der Waals surface area (Å²) < 4.78 is 13.7. The zero-order chi connectivity index (χ0) is 103. The number of hydrogen-bond acceptors (Lipinski definition) is 27. The van der Waals surface area contributed by atoms with Crippen molar-refractivity contribution in [3.8, 4) is 11.5 Å². The number of carboxylic acid groups (broad SMARTS) is 1. The average molecular weight is 1980 g/mol. The highest BCUT2D eigenvalue weighted by Gasteiger charge is 2.48. The molecule has 2 aliphatic heterocycles. The summed E-state index contributed by atoms with van der Waals surface area (Å²) in [6.45, 7) is 11.1. The highest BCUT2D eigenvalue weighted by Crippen LogP contribution is 2.29. The number of fused-ring (bicyclic) bond motifs is 2. The Morgan fingerprint density at radius 3 is 1.53 bits per heavy atom. The fourth-order valence-electron chi connectivity index (χ4n) is 15.7. The molecular formula is C91H130N22O24S2. The number of aliphatic hydroxyl groups is 1. The minimum Gasteiger partial charge on any atom is -0.508 e. The first-order valence-electron chi connectivity index (χ1n) is 45.3. The molecule has 2 aliphatic rings. The number of phenols is 1. The van der Waals surface area contributed by atoms with Gasteiger partial charge < -0.3 is 143 Å². The molecule has 1 aromatic heterocycles. The largest absolute Gasteiger partial charge is 0.508 e. The summed E-state index contributed by atoms with van der Waals surface area (Å²) in [5.41, 5.74) is 26.8. The van der Waals surface area contributed by atoms with Gasteiger partial charge >= 0.3 is 5.97 Å². The Morgan fingerprint density at radius 2 is 0.971 bits per heavy atom. The second-order valence-electron chi connectivity index (χ2n) is 35.6. The lowest BCUT2D eigenvalue weighted by atomic mass is 9.87. The Balaban J connectivity index is 1.23. The van der Waals surface area contributed by atoms with E-state index in [1.165, 1.54) is 46.8 Å². The molecule has 7 rings (SSSR count). The molecule has 0 unspecified atom stereocenters. The minimum absolute atomic E-state index is 0.00489. The van der Waals surface area contributed by atoms with Gasteiger partial charge in [0.25, 0.3) is 0 Å². The number of thiol groups is 2. The molecule has 12 atom stereocenters. The summed E-state index contributed by atoms with van der Waals surface area (Å²) in [4.78, 5) is 258. The second-order valence-corrected chi connectivity index (χ2v) is 37.9. The van der Waals surface area contributed by atoms with Crippen molar-refractivity contribution < 1.29 is 116 Å². The van der Waals surface area contributed by atoms with Gasteiger partial charge in [-0.1, -0.05) is 54.6 Å². The van der Waals surface area contributed by atoms with Crippen LogP contribution in [0.3, 0.4) is 0 Å². The number of aliphatic carboxylic acids is 1. The Kier molecular flexibility index (Phi) is 42.4. The van der Waals surface area contributed by atoms with E-state index in [9.17, 15) is 68.1 Å². The van der Waals surface area contributed by atoms with Gasteiger partial charge in [0.05, 0.1) is 18.9 Å². The average Bonchev–Trinajstić information content (AvgIpc) is 1.77. The van der Waals surface area contributed by atoms with E-state index in [1.807, 2.05) is 0 Å². The van der Waals surface area contributed by atoms with E-state index in [1.54, 1.807) is 79.9 Å². The normalized spacial score (nSPS) is 16.0. The van der Waals surface area contributed by atoms with Crippen LogP contribution in [0.25, 0.3) is 21.7 Å². The molecule has 0 radical (unpaired) electrons. The third-order valence-corrected chi connectivity index (χ3v) is 23.8. The number of aromatic hydroxyl groups is 1. The molecule has 30 N–H and O–H groups in total. The van der Waals surface area contributed by atoms with Gasteiger partial charge in [-0.25, -0.2) is 0 Å². The Hall–Kier alpha value is -13.5. The van der Waals surface area contributed by atoms with E-state index in [2.05, 4.69) is 97.4 Å². The molecule has 46 nitrogen and oxygen atoms in total. The molecule has 2 saturated heterocycles. The van der Waals surface area contributed by atoms with Crippen molar-refractivity contribution >= 4 is 159 Å². The monoisotopic (exact) mass is 1980 g/mol. The van der Waals surface area contributed by atoms with E-state index in [-0.39, 0.29) is 122 Å². The minimum atomic E-state index is -2.07. The number of unbranched alkanes of at least 4 members (excludes halogenated alkanes) is 1. The van der Waals surface area contributed by atoms with Crippen LogP contribution in [-0.4, -0.2) is 278 Å². The molecule has 3 heterocycles. The van der Waals surface area contributed by atoms with Crippen LogP contribution in [0.15, 0.2) is 85.1 Å². The molecule has 48 heteroatoms. The fourth-order valence-corrected chi connectivity index (χ4v) is 16.0. The third-order valence-electron chi connectivity index (χ3n) is 23.3. The SMILES string of the molecule is CC(=O)NCCCC[C@H](NC(=O)[C@H](Cc1c[nH]c2c(C)cccc12)NC(=O)[C@@H](NC(=O)[C@H](CC(N)=O)NC(=O)[C@@H](NC(=O)[C@@H](CCCNC(=N)N)NC(C)=O)C(C)(C)S)[C@@H](C)O)C(=O)N[C@H](C(=O)N[C@@H](Cc1ccc(OCCN)cc1)C(=O)N[C@@H](Cc1ccc2cc(O)ccc2c1)C(=O)NC1(C(=O)N[C@@H](CCC(=O)O)C(=O)N[C@@H](CC(N)=O)C(=O)NC2(C(N)=O)CCOCC2)CCOCC1)C(C)(C)S. The van der Waals surface area contributed by atoms with Crippen LogP contribution in [0.5, 0.6) is 11.5 Å².